The van der Waals surface area contributed by atoms with Crippen molar-refractivity contribution in [2.24, 2.45) is 10.9 Å². The lowest BCUT2D eigenvalue weighted by atomic mass is 9.97. The molecule has 0 saturated carbocycles. The number of likely N-dealkylation sites (tertiary alicyclic amines) is 1. The quantitative estimate of drug-likeness (QED) is 0.204. The lowest BCUT2D eigenvalue weighted by Gasteiger charge is -2.27. The van der Waals surface area contributed by atoms with Gasteiger partial charge in [0.25, 0.3) is 5.91 Å². The molecule has 0 aromatic heterocycles. The van der Waals surface area contributed by atoms with Gasteiger partial charge in [-0.2, -0.15) is 0 Å². The molecule has 1 aromatic rings. The van der Waals surface area contributed by atoms with E-state index in [9.17, 15) is 9.59 Å². The molecule has 0 atom stereocenters. The van der Waals surface area contributed by atoms with E-state index in [1.807, 2.05) is 19.2 Å². The van der Waals surface area contributed by atoms with Crippen molar-refractivity contribution in [3.63, 3.8) is 0 Å². The number of hydrogen-bond donors (Lipinski definition) is 4. The molecule has 2 aliphatic heterocycles. The Morgan fingerprint density at radius 1 is 1.28 bits per heavy atom. The molecule has 32 heavy (non-hydrogen) atoms. The highest BCUT2D eigenvalue weighted by atomic mass is 16.2. The van der Waals surface area contributed by atoms with Crippen molar-refractivity contribution in [2.75, 3.05) is 45.1 Å². The summed E-state index contributed by atoms with van der Waals surface area (Å²) >= 11 is 0. The minimum absolute atomic E-state index is 0.0402. The summed E-state index contributed by atoms with van der Waals surface area (Å²) < 4.78 is 0. The van der Waals surface area contributed by atoms with Crippen LogP contribution in [-0.4, -0.2) is 62.3 Å². The molecule has 0 aliphatic carbocycles. The first-order valence-electron chi connectivity index (χ1n) is 11.2. The molecule has 2 aliphatic rings. The number of aliphatic imine (C=N–C) groups is 1. The standard InChI is InChI=1S/C24H34N6O2/c1-17(6-9-26-18(2)28-16-19-7-12-30(3)13-8-19)25-10-11-27-24(32)20-4-5-22-21(14-20)15-23(31)29-22/h4-6,9,14,19,25H,1,7-8,10-13,15-16H2,2-3H3,(H,26,28)(H,27,32)(H,29,31)/b9-6-. The number of nitrogens with one attached hydrogen (secondary N) is 4. The minimum Gasteiger partial charge on any atom is -0.384 e. The van der Waals surface area contributed by atoms with Gasteiger partial charge in [-0.25, -0.2) is 0 Å². The van der Waals surface area contributed by atoms with Crippen LogP contribution in [0.25, 0.3) is 0 Å². The first-order chi connectivity index (χ1) is 15.4. The van der Waals surface area contributed by atoms with Gasteiger partial charge in [0, 0.05) is 42.8 Å². The second-order valence-electron chi connectivity index (χ2n) is 8.46. The number of nitrogens with zero attached hydrogens (tertiary/aromatic N) is 2. The fourth-order valence-electron chi connectivity index (χ4n) is 3.75. The molecule has 1 fully saturated rings. The molecular weight excluding hydrogens is 404 g/mol. The Morgan fingerprint density at radius 3 is 2.81 bits per heavy atom. The van der Waals surface area contributed by atoms with Crippen molar-refractivity contribution in [1.29, 1.82) is 0 Å². The topological polar surface area (TPSA) is 97.9 Å². The van der Waals surface area contributed by atoms with E-state index in [0.717, 1.165) is 42.4 Å². The summed E-state index contributed by atoms with van der Waals surface area (Å²) in [6.45, 7) is 10.1. The van der Waals surface area contributed by atoms with Gasteiger partial charge in [0.1, 0.15) is 0 Å². The molecule has 2 heterocycles. The minimum atomic E-state index is -0.159. The number of fused-ring (bicyclic) bond motifs is 1. The van der Waals surface area contributed by atoms with Gasteiger partial charge in [0.05, 0.1) is 12.3 Å². The van der Waals surface area contributed by atoms with Gasteiger partial charge in [0.15, 0.2) is 0 Å². The zero-order valence-electron chi connectivity index (χ0n) is 19.0. The number of hydrogen-bond acceptors (Lipinski definition) is 5. The smallest absolute Gasteiger partial charge is 0.251 e. The third-order valence-corrected chi connectivity index (χ3v) is 5.76. The first-order valence-corrected chi connectivity index (χ1v) is 11.2. The number of amidine groups is 1. The highest BCUT2D eigenvalue weighted by molar-refractivity contribution is 6.01. The van der Waals surface area contributed by atoms with E-state index < -0.39 is 0 Å². The molecule has 172 valence electrons. The number of carbonyl (C=O) groups excluding carboxylic acids is 2. The maximum Gasteiger partial charge on any atom is 0.251 e. The molecule has 3 rings (SSSR count). The number of anilines is 1. The maximum atomic E-state index is 12.3. The van der Waals surface area contributed by atoms with Gasteiger partial charge in [0.2, 0.25) is 5.91 Å². The highest BCUT2D eigenvalue weighted by Gasteiger charge is 2.19. The Hall–Kier alpha value is -3.13. The van der Waals surface area contributed by atoms with Crippen LogP contribution in [0.4, 0.5) is 5.69 Å². The zero-order chi connectivity index (χ0) is 22.9. The Morgan fingerprint density at radius 2 is 2.03 bits per heavy atom. The summed E-state index contributed by atoms with van der Waals surface area (Å²) in [5.41, 5.74) is 2.94. The Bertz CT molecular complexity index is 900. The van der Waals surface area contributed by atoms with Gasteiger partial charge < -0.3 is 26.2 Å². The van der Waals surface area contributed by atoms with Crippen LogP contribution in [0, 0.1) is 5.92 Å². The average molecular weight is 439 g/mol. The Balaban J connectivity index is 1.30. The molecule has 8 heteroatoms. The van der Waals surface area contributed by atoms with Gasteiger partial charge in [-0.3, -0.25) is 14.6 Å². The van der Waals surface area contributed by atoms with Gasteiger partial charge >= 0.3 is 0 Å². The van der Waals surface area contributed by atoms with Crippen molar-refractivity contribution < 1.29 is 9.59 Å². The second-order valence-corrected chi connectivity index (χ2v) is 8.46. The van der Waals surface area contributed by atoms with Crippen LogP contribution in [-0.2, 0) is 11.2 Å². The van der Waals surface area contributed by atoms with Crippen LogP contribution >= 0.6 is 0 Å². The second kappa shape index (κ2) is 11.5. The monoisotopic (exact) mass is 438 g/mol. The van der Waals surface area contributed by atoms with Crippen molar-refractivity contribution in [1.82, 2.24) is 20.9 Å². The van der Waals surface area contributed by atoms with Crippen LogP contribution in [0.3, 0.4) is 0 Å². The van der Waals surface area contributed by atoms with Crippen LogP contribution < -0.4 is 21.3 Å². The molecule has 4 N–H and O–H groups in total. The van der Waals surface area contributed by atoms with Crippen molar-refractivity contribution in [3.8, 4) is 0 Å². The first kappa shape index (κ1) is 23.5. The van der Waals surface area contributed by atoms with E-state index in [4.69, 9.17) is 0 Å². The van der Waals surface area contributed by atoms with Gasteiger partial charge in [-0.1, -0.05) is 6.58 Å². The number of amides is 2. The van der Waals surface area contributed by atoms with E-state index >= 15 is 0 Å². The molecular formula is C24H34N6O2. The average Bonchev–Trinajstić information content (AvgIpc) is 3.15. The molecule has 0 unspecified atom stereocenters. The summed E-state index contributed by atoms with van der Waals surface area (Å²) in [5.74, 6) is 1.37. The third-order valence-electron chi connectivity index (χ3n) is 5.76. The predicted molar refractivity (Wildman–Crippen MR) is 129 cm³/mol. The summed E-state index contributed by atoms with van der Waals surface area (Å²) in [7, 11) is 2.17. The Kier molecular flexibility index (Phi) is 8.44. The van der Waals surface area contributed by atoms with E-state index in [-0.39, 0.29) is 11.8 Å². The molecule has 8 nitrogen and oxygen atoms in total. The SMILES string of the molecule is C=C(/C=C\NC(C)=NCC1CCN(C)CC1)NCCNC(=O)c1ccc2c(c1)CC(=O)N2. The number of allylic oxidation sites excluding steroid dienone is 1. The van der Waals surface area contributed by atoms with Crippen molar-refractivity contribution in [2.45, 2.75) is 26.2 Å². The third kappa shape index (κ3) is 7.23. The number of piperidine rings is 1. The number of rotatable bonds is 9. The van der Waals surface area contributed by atoms with E-state index in [1.165, 1.54) is 12.8 Å². The fraction of sp³-hybridized carbons (Fsp3) is 0.458. The van der Waals surface area contributed by atoms with Crippen molar-refractivity contribution >= 4 is 23.3 Å². The molecule has 0 bridgehead atoms. The predicted octanol–water partition coefficient (Wildman–Crippen LogP) is 1.88. The fourth-order valence-corrected chi connectivity index (χ4v) is 3.75. The maximum absolute atomic E-state index is 12.3. The van der Waals surface area contributed by atoms with Gasteiger partial charge in [-0.15, -0.1) is 0 Å². The number of carbonyl (C=O) groups is 2. The molecule has 2 amide bonds. The molecule has 0 radical (unpaired) electrons. The zero-order valence-corrected chi connectivity index (χ0v) is 19.0. The van der Waals surface area contributed by atoms with Gasteiger partial charge in [-0.05, 0) is 75.7 Å². The molecule has 1 saturated heterocycles. The normalized spacial score (nSPS) is 17.2. The molecule has 1 aromatic carbocycles. The Labute approximate surface area is 190 Å². The summed E-state index contributed by atoms with van der Waals surface area (Å²) in [6.07, 6.45) is 6.41. The number of benzene rings is 1. The largest absolute Gasteiger partial charge is 0.384 e. The van der Waals surface area contributed by atoms with Crippen molar-refractivity contribution in [3.05, 3.63) is 53.9 Å². The van der Waals surface area contributed by atoms with Crippen LogP contribution in [0.5, 0.6) is 0 Å². The van der Waals surface area contributed by atoms with Crippen LogP contribution in [0.1, 0.15) is 35.7 Å². The lowest BCUT2D eigenvalue weighted by molar-refractivity contribution is -0.115. The molecule has 0 spiro atoms. The van der Waals surface area contributed by atoms with E-state index in [1.54, 1.807) is 18.2 Å². The highest BCUT2D eigenvalue weighted by Crippen LogP contribution is 2.23. The lowest BCUT2D eigenvalue weighted by Crippen LogP contribution is -2.31. The van der Waals surface area contributed by atoms with Crippen LogP contribution in [0.15, 0.2) is 47.7 Å². The summed E-state index contributed by atoms with van der Waals surface area (Å²) in [4.78, 5) is 30.7. The van der Waals surface area contributed by atoms with E-state index in [2.05, 4.69) is 44.8 Å². The summed E-state index contributed by atoms with van der Waals surface area (Å²) in [5, 5.41) is 12.0. The van der Waals surface area contributed by atoms with E-state index in [0.29, 0.717) is 31.0 Å². The summed E-state index contributed by atoms with van der Waals surface area (Å²) in [6, 6.07) is 5.25. The van der Waals surface area contributed by atoms with Crippen LogP contribution in [0.2, 0.25) is 0 Å².